The molecule has 3 unspecified atom stereocenters. The van der Waals surface area contributed by atoms with E-state index in [0.717, 1.165) is 38.5 Å². The van der Waals surface area contributed by atoms with Crippen LogP contribution in [0.5, 0.6) is 0 Å². The number of aliphatic carboxylic acids is 1. The van der Waals surface area contributed by atoms with Crippen LogP contribution >= 0.6 is 0 Å². The van der Waals surface area contributed by atoms with Gasteiger partial charge in [-0.3, -0.25) is 4.79 Å². The molecule has 7 atom stereocenters. The zero-order chi connectivity index (χ0) is 21.4. The molecule has 0 aromatic heterocycles. The highest BCUT2D eigenvalue weighted by atomic mass is 16.4. The molecule has 3 N–H and O–H groups in total. The topological polar surface area (TPSA) is 77.8 Å². The maximum Gasteiger partial charge on any atom is 0.303 e. The molecule has 3 rings (SSSR count). The van der Waals surface area contributed by atoms with Gasteiger partial charge in [-0.2, -0.15) is 0 Å². The average Bonchev–Trinajstić information content (AvgIpc) is 3.04. The molecule has 3 aliphatic carbocycles. The zero-order valence-electron chi connectivity index (χ0n) is 19.1. The first-order valence-electron chi connectivity index (χ1n) is 12.2. The lowest BCUT2D eigenvalue weighted by molar-refractivity contribution is -0.137. The van der Waals surface area contributed by atoms with Gasteiger partial charge in [0, 0.05) is 6.42 Å². The van der Waals surface area contributed by atoms with E-state index in [1.165, 1.54) is 25.7 Å². The molecule has 3 aliphatic rings. The van der Waals surface area contributed by atoms with Crippen LogP contribution in [-0.2, 0) is 4.79 Å². The van der Waals surface area contributed by atoms with Gasteiger partial charge in [-0.15, -0.1) is 0 Å². The van der Waals surface area contributed by atoms with E-state index in [-0.39, 0.29) is 29.5 Å². The number of rotatable bonds is 7. The van der Waals surface area contributed by atoms with Gasteiger partial charge >= 0.3 is 5.97 Å². The van der Waals surface area contributed by atoms with Gasteiger partial charge in [-0.05, 0) is 105 Å². The minimum Gasteiger partial charge on any atom is -0.481 e. The number of carboxylic acid groups (broad SMARTS) is 1. The van der Waals surface area contributed by atoms with E-state index in [4.69, 9.17) is 5.11 Å². The van der Waals surface area contributed by atoms with Crippen molar-refractivity contribution in [2.75, 3.05) is 0 Å². The van der Waals surface area contributed by atoms with E-state index in [1.54, 1.807) is 0 Å². The van der Waals surface area contributed by atoms with Crippen LogP contribution in [0.4, 0.5) is 0 Å². The Hall–Kier alpha value is -0.610. The predicted octanol–water partition coefficient (Wildman–Crippen LogP) is 5.26. The lowest BCUT2D eigenvalue weighted by atomic mass is 9.49. The highest BCUT2D eigenvalue weighted by molar-refractivity contribution is 5.66. The van der Waals surface area contributed by atoms with E-state index >= 15 is 0 Å². The van der Waals surface area contributed by atoms with Crippen molar-refractivity contribution < 1.29 is 20.1 Å². The number of fused-ring (bicyclic) bond motifs is 1. The Labute approximate surface area is 177 Å². The molecule has 3 fully saturated rings. The Balaban J connectivity index is 1.82. The van der Waals surface area contributed by atoms with Gasteiger partial charge in [0.05, 0.1) is 12.2 Å². The second kappa shape index (κ2) is 8.86. The molecular formula is C25H44O4. The summed E-state index contributed by atoms with van der Waals surface area (Å²) < 4.78 is 0. The van der Waals surface area contributed by atoms with Crippen LogP contribution in [0.15, 0.2) is 0 Å². The molecule has 0 bridgehead atoms. The van der Waals surface area contributed by atoms with Crippen LogP contribution in [-0.4, -0.2) is 33.5 Å². The maximum absolute atomic E-state index is 11.2. The first-order valence-corrected chi connectivity index (χ1v) is 12.2. The molecule has 0 spiro atoms. The van der Waals surface area contributed by atoms with Crippen LogP contribution in [0.3, 0.4) is 0 Å². The monoisotopic (exact) mass is 408 g/mol. The summed E-state index contributed by atoms with van der Waals surface area (Å²) in [5, 5.41) is 30.4. The third-order valence-electron chi connectivity index (χ3n) is 9.76. The van der Waals surface area contributed by atoms with E-state index in [1.807, 2.05) is 0 Å². The molecule has 0 aromatic carbocycles. The highest BCUT2D eigenvalue weighted by Crippen LogP contribution is 2.65. The van der Waals surface area contributed by atoms with Crippen LogP contribution in [0.1, 0.15) is 98.3 Å². The molecule has 168 valence electrons. The minimum atomic E-state index is -0.688. The summed E-state index contributed by atoms with van der Waals surface area (Å²) in [4.78, 5) is 11.1. The summed E-state index contributed by atoms with van der Waals surface area (Å²) in [5.74, 6) is 1.73. The van der Waals surface area contributed by atoms with Crippen molar-refractivity contribution in [2.24, 2.45) is 40.4 Å². The van der Waals surface area contributed by atoms with E-state index < -0.39 is 5.97 Å². The molecule has 3 saturated carbocycles. The molecule has 4 nitrogen and oxygen atoms in total. The lowest BCUT2D eigenvalue weighted by Crippen LogP contribution is -2.52. The van der Waals surface area contributed by atoms with Gasteiger partial charge in [0.15, 0.2) is 0 Å². The summed E-state index contributed by atoms with van der Waals surface area (Å²) in [6, 6.07) is 0. The predicted molar refractivity (Wildman–Crippen MR) is 115 cm³/mol. The second-order valence-electron chi connectivity index (χ2n) is 11.3. The van der Waals surface area contributed by atoms with E-state index in [2.05, 4.69) is 27.7 Å². The van der Waals surface area contributed by atoms with Crippen molar-refractivity contribution in [1.82, 2.24) is 0 Å². The van der Waals surface area contributed by atoms with Gasteiger partial charge in [0.25, 0.3) is 0 Å². The minimum absolute atomic E-state index is 0.141. The average molecular weight is 409 g/mol. The number of hydrogen-bond donors (Lipinski definition) is 3. The van der Waals surface area contributed by atoms with Crippen molar-refractivity contribution in [2.45, 2.75) is 111 Å². The van der Waals surface area contributed by atoms with Gasteiger partial charge in [0.1, 0.15) is 0 Å². The van der Waals surface area contributed by atoms with Gasteiger partial charge in [-0.25, -0.2) is 0 Å². The Kier molecular flexibility index (Phi) is 7.05. The Morgan fingerprint density at radius 2 is 1.69 bits per heavy atom. The molecular weight excluding hydrogens is 364 g/mol. The summed E-state index contributed by atoms with van der Waals surface area (Å²) in [6.07, 6.45) is 10.1. The van der Waals surface area contributed by atoms with Crippen molar-refractivity contribution in [3.8, 4) is 0 Å². The standard InChI is InChI=1S/C25H44O4/c1-5-21(27)23-19(24(3)13-10-17(26)11-14-24)12-15-25(4)18(7-8-20(23)25)16(2)6-9-22(28)29/h16-21,23,26-27H,5-15H2,1-4H3,(H,28,29)/t16-,17-,18-,19?,20?,21-,23?,24+,25-/m1/s1. The summed E-state index contributed by atoms with van der Waals surface area (Å²) in [7, 11) is 0. The number of aliphatic hydroxyl groups is 2. The number of carbonyl (C=O) groups is 1. The van der Waals surface area contributed by atoms with E-state index in [0.29, 0.717) is 29.6 Å². The third kappa shape index (κ3) is 4.39. The van der Waals surface area contributed by atoms with Crippen molar-refractivity contribution >= 4 is 5.97 Å². The summed E-state index contributed by atoms with van der Waals surface area (Å²) >= 11 is 0. The fraction of sp³-hybridized carbons (Fsp3) is 0.960. The number of carboxylic acids is 1. The molecule has 0 radical (unpaired) electrons. The lowest BCUT2D eigenvalue weighted by Gasteiger charge is -2.56. The maximum atomic E-state index is 11.2. The Bertz CT molecular complexity index is 567. The summed E-state index contributed by atoms with van der Waals surface area (Å²) in [6.45, 7) is 9.24. The van der Waals surface area contributed by atoms with Crippen molar-refractivity contribution in [3.63, 3.8) is 0 Å². The van der Waals surface area contributed by atoms with Gasteiger partial charge in [-0.1, -0.05) is 27.7 Å². The fourth-order valence-electron chi connectivity index (χ4n) is 7.98. The quantitative estimate of drug-likeness (QED) is 0.537. The molecule has 0 aliphatic heterocycles. The van der Waals surface area contributed by atoms with Gasteiger partial charge in [0.2, 0.25) is 0 Å². The first kappa shape index (κ1) is 23.1. The van der Waals surface area contributed by atoms with Crippen molar-refractivity contribution in [1.29, 1.82) is 0 Å². The molecule has 0 saturated heterocycles. The van der Waals surface area contributed by atoms with Gasteiger partial charge < -0.3 is 15.3 Å². The molecule has 29 heavy (non-hydrogen) atoms. The van der Waals surface area contributed by atoms with Crippen LogP contribution in [0.2, 0.25) is 0 Å². The van der Waals surface area contributed by atoms with Crippen LogP contribution < -0.4 is 0 Å². The molecule has 0 heterocycles. The molecule has 0 aromatic rings. The normalized spacial score (nSPS) is 44.8. The molecule has 4 heteroatoms. The second-order valence-corrected chi connectivity index (χ2v) is 11.3. The first-order chi connectivity index (χ1) is 13.6. The zero-order valence-corrected chi connectivity index (χ0v) is 19.1. The van der Waals surface area contributed by atoms with Crippen molar-refractivity contribution in [3.05, 3.63) is 0 Å². The Morgan fingerprint density at radius 1 is 1.03 bits per heavy atom. The largest absolute Gasteiger partial charge is 0.481 e. The Morgan fingerprint density at radius 3 is 2.28 bits per heavy atom. The molecule has 0 amide bonds. The number of aliphatic hydroxyl groups excluding tert-OH is 2. The van der Waals surface area contributed by atoms with Crippen LogP contribution in [0, 0.1) is 40.4 Å². The number of hydrogen-bond acceptors (Lipinski definition) is 3. The fourth-order valence-corrected chi connectivity index (χ4v) is 7.98. The smallest absolute Gasteiger partial charge is 0.303 e. The SMILES string of the molecule is CC[C@@H](O)C1C2CC[C@H]([C@H](C)CCC(=O)O)[C@@]2(C)CCC1[C@]1(C)CC[C@H](O)CC1. The highest BCUT2D eigenvalue weighted by Gasteiger charge is 2.58. The van der Waals surface area contributed by atoms with Crippen LogP contribution in [0.25, 0.3) is 0 Å². The van der Waals surface area contributed by atoms with E-state index in [9.17, 15) is 15.0 Å². The summed E-state index contributed by atoms with van der Waals surface area (Å²) in [5.41, 5.74) is 0.453. The third-order valence-corrected chi connectivity index (χ3v) is 9.76.